The number of aryl methyl sites for hydroxylation is 1. The van der Waals surface area contributed by atoms with Crippen LogP contribution in [-0.2, 0) is 31.8 Å². The van der Waals surface area contributed by atoms with E-state index in [1.807, 2.05) is 0 Å². The highest BCUT2D eigenvalue weighted by Crippen LogP contribution is 2.51. The number of amides is 1. The minimum atomic E-state index is -4.99. The summed E-state index contributed by atoms with van der Waals surface area (Å²) >= 11 is 0. The molecular weight excluding hydrogens is 541 g/mol. The summed E-state index contributed by atoms with van der Waals surface area (Å²) < 4.78 is 98.1. The third kappa shape index (κ3) is 6.35. The Morgan fingerprint density at radius 2 is 1.98 bits per heavy atom. The van der Waals surface area contributed by atoms with Crippen molar-refractivity contribution in [3.63, 3.8) is 0 Å². The van der Waals surface area contributed by atoms with Gasteiger partial charge >= 0.3 is 12.1 Å². The summed E-state index contributed by atoms with van der Waals surface area (Å²) in [6, 6.07) is 4.32. The first kappa shape index (κ1) is 24.4. The summed E-state index contributed by atoms with van der Waals surface area (Å²) in [5, 5.41) is 10.6. The molecule has 11 heteroatoms. The van der Waals surface area contributed by atoms with Crippen LogP contribution in [-0.4, -0.2) is 58.8 Å². The summed E-state index contributed by atoms with van der Waals surface area (Å²) in [6.07, 6.45) is -5.40. The van der Waals surface area contributed by atoms with Crippen molar-refractivity contribution in [3.05, 3.63) is 58.8 Å². The number of aliphatic carboxylic acids is 1. The Bertz CT molecular complexity index is 1440. The number of carboxylic acid groups (broad SMARTS) is 1. The van der Waals surface area contributed by atoms with E-state index >= 15 is 0 Å². The summed E-state index contributed by atoms with van der Waals surface area (Å²) in [6.45, 7) is 3.85. The first-order valence-electron chi connectivity index (χ1n) is 15.8. The molecule has 1 aromatic heterocycles. The molecule has 3 heterocycles. The van der Waals surface area contributed by atoms with Gasteiger partial charge in [-0.05, 0) is 48.8 Å². The number of methoxy groups -OCH3 is 1. The van der Waals surface area contributed by atoms with Gasteiger partial charge in [-0.2, -0.15) is 13.2 Å². The van der Waals surface area contributed by atoms with Gasteiger partial charge in [-0.1, -0.05) is 45.0 Å². The minimum absolute atomic E-state index is 0.289. The Morgan fingerprint density at radius 3 is 2.56 bits per heavy atom. The average molecular weight is 584 g/mol. The van der Waals surface area contributed by atoms with Crippen molar-refractivity contribution in [3.8, 4) is 5.88 Å². The zero-order valence-corrected chi connectivity index (χ0v) is 23.2. The largest absolute Gasteiger partial charge is 0.481 e. The highest BCUT2D eigenvalue weighted by atomic mass is 19.4. The molecule has 2 fully saturated rings. The van der Waals surface area contributed by atoms with E-state index in [4.69, 9.17) is 21.1 Å². The zero-order valence-electron chi connectivity index (χ0n) is 28.2. The molecule has 4 rings (SSSR count). The van der Waals surface area contributed by atoms with Gasteiger partial charge in [0.05, 0.1) is 38.2 Å². The smallest absolute Gasteiger partial charge is 0.417 e. The molecule has 2 aliphatic heterocycles. The number of benzene rings is 1. The van der Waals surface area contributed by atoms with E-state index in [9.17, 15) is 27.9 Å². The number of likely N-dealkylation sites (tertiary alicyclic amines) is 1. The van der Waals surface area contributed by atoms with E-state index in [2.05, 4.69) is 4.98 Å². The number of carbonyl (C=O) groups is 2. The van der Waals surface area contributed by atoms with Crippen molar-refractivity contribution in [1.82, 2.24) is 9.88 Å². The Hall–Kier alpha value is -3.18. The highest BCUT2D eigenvalue weighted by molar-refractivity contribution is 5.88. The lowest BCUT2D eigenvalue weighted by Crippen LogP contribution is -2.51. The molecule has 41 heavy (non-hydrogen) atoms. The summed E-state index contributed by atoms with van der Waals surface area (Å²) in [4.78, 5) is 31.9. The van der Waals surface area contributed by atoms with Crippen LogP contribution >= 0.6 is 0 Å². The Morgan fingerprint density at radius 1 is 1.24 bits per heavy atom. The lowest BCUT2D eigenvalue weighted by atomic mass is 9.73. The van der Waals surface area contributed by atoms with Crippen LogP contribution in [0.15, 0.2) is 36.5 Å². The van der Waals surface area contributed by atoms with Crippen LogP contribution in [0.25, 0.3) is 0 Å². The third-order valence-corrected chi connectivity index (χ3v) is 7.65. The molecule has 5 atom stereocenters. The molecule has 0 bridgehead atoms. The third-order valence-electron chi connectivity index (χ3n) is 7.65. The van der Waals surface area contributed by atoms with Gasteiger partial charge in [-0.25, -0.2) is 9.78 Å². The normalized spacial score (nSPS) is 27.7. The molecule has 0 radical (unpaired) electrons. The second-order valence-electron chi connectivity index (χ2n) is 11.4. The molecule has 2 aromatic rings. The number of halogens is 3. The fourth-order valence-electron chi connectivity index (χ4n) is 5.77. The maximum absolute atomic E-state index is 14.2. The van der Waals surface area contributed by atoms with Crippen molar-refractivity contribution >= 4 is 11.9 Å². The Labute approximate surface area is 244 Å². The number of hydrogen-bond acceptors (Lipinski definition) is 6. The molecule has 0 spiro atoms. The van der Waals surface area contributed by atoms with Crippen LogP contribution in [0.5, 0.6) is 5.88 Å². The topological polar surface area (TPSA) is 98.2 Å². The first-order chi connectivity index (χ1) is 21.1. The standard InChI is InChI=1S/C30H37F3N2O6/c1-17-10-6-7-11-20(17)23-25(41-16-18-14-19(30(31,32)33)15-34-26(18)39-5)22(29(2,3)4)24(28(37)38)35(23)27(36)21-12-8-9-13-40-21/h6-7,10-11,14-15,21-25H,8-9,12-13,16H2,1-5H3,(H,37,38)/t21-,22+,23-,24-,25-/m0/s1/i5D3,16D2. The number of rotatable bonds is 7. The number of aromatic nitrogens is 1. The van der Waals surface area contributed by atoms with E-state index in [0.29, 0.717) is 36.2 Å². The maximum Gasteiger partial charge on any atom is 0.417 e. The van der Waals surface area contributed by atoms with Gasteiger partial charge < -0.3 is 24.2 Å². The van der Waals surface area contributed by atoms with Crippen LogP contribution in [0.3, 0.4) is 0 Å². The molecule has 8 nitrogen and oxygen atoms in total. The molecule has 224 valence electrons. The van der Waals surface area contributed by atoms with Crippen molar-refractivity contribution in [2.24, 2.45) is 11.3 Å². The molecule has 1 N–H and O–H groups in total. The predicted octanol–water partition coefficient (Wildman–Crippen LogP) is 5.57. The number of ether oxygens (including phenoxy) is 3. The predicted molar refractivity (Wildman–Crippen MR) is 143 cm³/mol. The first-order valence-corrected chi connectivity index (χ1v) is 13.3. The Kier molecular flexibility index (Phi) is 7.13. The molecule has 1 aromatic carbocycles. The van der Waals surface area contributed by atoms with Gasteiger partial charge in [0, 0.05) is 24.3 Å². The van der Waals surface area contributed by atoms with Gasteiger partial charge in [0.2, 0.25) is 5.88 Å². The lowest BCUT2D eigenvalue weighted by Gasteiger charge is -2.35. The van der Waals surface area contributed by atoms with Crippen LogP contribution in [0.2, 0.25) is 0 Å². The monoisotopic (exact) mass is 583 g/mol. The van der Waals surface area contributed by atoms with Crippen LogP contribution in [0.1, 0.15) is 75.2 Å². The fraction of sp³-hybridized carbons (Fsp3) is 0.567. The van der Waals surface area contributed by atoms with Gasteiger partial charge in [0.1, 0.15) is 12.1 Å². The van der Waals surface area contributed by atoms with Gasteiger partial charge in [0.15, 0.2) is 0 Å². The van der Waals surface area contributed by atoms with Gasteiger partial charge in [-0.15, -0.1) is 0 Å². The van der Waals surface area contributed by atoms with E-state index < -0.39 is 84.3 Å². The number of pyridine rings is 1. The summed E-state index contributed by atoms with van der Waals surface area (Å²) in [5.41, 5.74) is -2.28. The van der Waals surface area contributed by atoms with Crippen LogP contribution in [0, 0.1) is 18.3 Å². The second kappa shape index (κ2) is 12.0. The summed E-state index contributed by atoms with van der Waals surface area (Å²) in [5.74, 6) is -4.10. The van der Waals surface area contributed by atoms with E-state index in [-0.39, 0.29) is 6.61 Å². The molecule has 0 aliphatic carbocycles. The van der Waals surface area contributed by atoms with Crippen molar-refractivity contribution in [2.75, 3.05) is 13.6 Å². The van der Waals surface area contributed by atoms with Gasteiger partial charge in [0.25, 0.3) is 5.91 Å². The van der Waals surface area contributed by atoms with E-state index in [1.165, 1.54) is 0 Å². The van der Waals surface area contributed by atoms with Crippen molar-refractivity contribution < 1.29 is 48.9 Å². The number of carboxylic acids is 1. The quantitative estimate of drug-likeness (QED) is 0.455. The number of hydrogen-bond donors (Lipinski definition) is 1. The van der Waals surface area contributed by atoms with Crippen molar-refractivity contribution in [1.29, 1.82) is 0 Å². The summed E-state index contributed by atoms with van der Waals surface area (Å²) in [7, 11) is -3.21. The molecule has 2 aliphatic rings. The average Bonchev–Trinajstić information content (AvgIpc) is 3.26. The molecule has 2 saturated heterocycles. The molecular formula is C30H37F3N2O6. The SMILES string of the molecule is [2H]C([2H])([2H])Oc1ncc(C(F)(F)F)cc1C([2H])([2H])O[C@H]1[C@H](C(C)(C)C)[C@@H](C(=O)O)N(C(=O)[C@@H]2CCCCO2)[C@H]1c1ccccc1C. The molecule has 0 unspecified atom stereocenters. The highest BCUT2D eigenvalue weighted by Gasteiger charge is 2.59. The number of carbonyl (C=O) groups excluding carboxylic acids is 1. The second-order valence-corrected chi connectivity index (χ2v) is 11.4. The Balaban J connectivity index is 1.95. The lowest BCUT2D eigenvalue weighted by molar-refractivity contribution is -0.159. The van der Waals surface area contributed by atoms with Gasteiger partial charge in [-0.3, -0.25) is 4.79 Å². The maximum atomic E-state index is 14.2. The minimum Gasteiger partial charge on any atom is -0.481 e. The molecule has 0 saturated carbocycles. The van der Waals surface area contributed by atoms with E-state index in [1.54, 1.807) is 52.0 Å². The van der Waals surface area contributed by atoms with E-state index in [0.717, 1.165) is 11.3 Å². The zero-order chi connectivity index (χ0) is 34.4. The van der Waals surface area contributed by atoms with Crippen LogP contribution < -0.4 is 4.74 Å². The molecule has 1 amide bonds. The fourth-order valence-corrected chi connectivity index (χ4v) is 5.77. The van der Waals surface area contributed by atoms with Crippen molar-refractivity contribution in [2.45, 2.75) is 84.0 Å². The van der Waals surface area contributed by atoms with Crippen LogP contribution in [0.4, 0.5) is 13.2 Å². The number of nitrogens with zero attached hydrogens (tertiary/aromatic N) is 2. The number of alkyl halides is 3.